The number of aliphatic hydroxyl groups excluding tert-OH is 3. The summed E-state index contributed by atoms with van der Waals surface area (Å²) in [7, 11) is 1.41. The van der Waals surface area contributed by atoms with Crippen LogP contribution in [0.4, 0.5) is 0 Å². The molecule has 1 unspecified atom stereocenters. The van der Waals surface area contributed by atoms with Gasteiger partial charge in [0.05, 0.1) is 32.0 Å². The lowest BCUT2D eigenvalue weighted by atomic mass is 9.85. The van der Waals surface area contributed by atoms with E-state index in [0.717, 1.165) is 12.5 Å². The molecular weight excluding hydrogens is 634 g/mol. The Kier molecular flexibility index (Phi) is 16.8. The van der Waals surface area contributed by atoms with Crippen molar-refractivity contribution in [1.29, 1.82) is 0 Å². The average molecular weight is 684 g/mol. The van der Waals surface area contributed by atoms with Gasteiger partial charge in [0.2, 0.25) is 0 Å². The van der Waals surface area contributed by atoms with Gasteiger partial charge < -0.3 is 34.4 Å². The van der Waals surface area contributed by atoms with E-state index in [4.69, 9.17) is 14.2 Å². The zero-order valence-electron chi connectivity index (χ0n) is 28.1. The molecule has 2 aromatic rings. The highest BCUT2D eigenvalue weighted by atomic mass is 16.9. The maximum absolute atomic E-state index is 12.6. The number of unbranched alkanes of at least 4 members (excludes halogenated alkanes) is 1. The zero-order chi connectivity index (χ0) is 35.6. The highest BCUT2D eigenvalue weighted by Crippen LogP contribution is 2.39. The second kappa shape index (κ2) is 21.0. The van der Waals surface area contributed by atoms with Crippen LogP contribution in [-0.2, 0) is 25.6 Å². The number of aryl methyl sites for hydroxylation is 1. The minimum atomic E-state index is -0.889. The highest BCUT2D eigenvalue weighted by Gasteiger charge is 2.40. The van der Waals surface area contributed by atoms with Crippen LogP contribution in [-0.4, -0.2) is 64.4 Å². The van der Waals surface area contributed by atoms with Crippen LogP contribution in [0.25, 0.3) is 0 Å². The second-order valence-electron chi connectivity index (χ2n) is 12.3. The Morgan fingerprint density at radius 1 is 1.02 bits per heavy atom. The van der Waals surface area contributed by atoms with Gasteiger partial charge in [0.15, 0.2) is 11.5 Å². The van der Waals surface area contributed by atoms with E-state index in [0.29, 0.717) is 50.5 Å². The quantitative estimate of drug-likeness (QED) is 0.0268. The smallest absolute Gasteiger partial charge is 0.330 e. The number of rotatable bonds is 22. The summed E-state index contributed by atoms with van der Waals surface area (Å²) in [5, 5.41) is 41.2. The van der Waals surface area contributed by atoms with E-state index in [-0.39, 0.29) is 49.2 Å². The van der Waals surface area contributed by atoms with E-state index in [1.807, 2.05) is 42.5 Å². The molecule has 3 N–H and O–H groups in total. The molecule has 268 valence electrons. The fourth-order valence-corrected chi connectivity index (χ4v) is 6.18. The number of hydrogen-bond acceptors (Lipinski definition) is 11. The van der Waals surface area contributed by atoms with Crippen molar-refractivity contribution in [2.45, 2.75) is 95.0 Å². The molecule has 12 nitrogen and oxygen atoms in total. The fourth-order valence-electron chi connectivity index (χ4n) is 6.18. The predicted molar refractivity (Wildman–Crippen MR) is 181 cm³/mol. The summed E-state index contributed by atoms with van der Waals surface area (Å²) >= 11 is 0. The van der Waals surface area contributed by atoms with Gasteiger partial charge in [0.1, 0.15) is 6.10 Å². The summed E-state index contributed by atoms with van der Waals surface area (Å²) < 4.78 is 16.3. The van der Waals surface area contributed by atoms with Crippen LogP contribution in [0, 0.1) is 22.0 Å². The van der Waals surface area contributed by atoms with E-state index < -0.39 is 41.4 Å². The minimum Gasteiger partial charge on any atom is -0.493 e. The third-order valence-corrected chi connectivity index (χ3v) is 8.81. The van der Waals surface area contributed by atoms with E-state index in [9.17, 15) is 35.0 Å². The number of allylic oxidation sites excluding steroid dienone is 2. The molecule has 0 saturated heterocycles. The van der Waals surface area contributed by atoms with E-state index in [1.54, 1.807) is 12.1 Å². The van der Waals surface area contributed by atoms with Gasteiger partial charge in [-0.2, -0.15) is 0 Å². The number of benzene rings is 2. The molecule has 0 aromatic heterocycles. The Morgan fingerprint density at radius 2 is 1.78 bits per heavy atom. The van der Waals surface area contributed by atoms with Gasteiger partial charge in [-0.3, -0.25) is 4.79 Å². The average Bonchev–Trinajstić information content (AvgIpc) is 3.36. The highest BCUT2D eigenvalue weighted by molar-refractivity contribution is 5.81. The van der Waals surface area contributed by atoms with Crippen LogP contribution in [0.2, 0.25) is 0 Å². The van der Waals surface area contributed by atoms with Gasteiger partial charge >= 0.3 is 11.9 Å². The molecule has 3 rings (SSSR count). The summed E-state index contributed by atoms with van der Waals surface area (Å²) in [5.41, 5.74) is 1.72. The van der Waals surface area contributed by atoms with Crippen molar-refractivity contribution in [2.24, 2.45) is 11.8 Å². The molecule has 1 aliphatic rings. The van der Waals surface area contributed by atoms with Crippen molar-refractivity contribution >= 4 is 11.9 Å². The van der Waals surface area contributed by atoms with Crippen molar-refractivity contribution in [1.82, 2.24) is 0 Å². The first-order valence-electron chi connectivity index (χ1n) is 16.8. The third kappa shape index (κ3) is 13.6. The lowest BCUT2D eigenvalue weighted by molar-refractivity contribution is -0.757. The van der Waals surface area contributed by atoms with E-state index in [1.165, 1.54) is 18.7 Å². The molecule has 0 heterocycles. The Morgan fingerprint density at radius 3 is 2.49 bits per heavy atom. The number of carbonyl (C=O) groups is 2. The van der Waals surface area contributed by atoms with Crippen molar-refractivity contribution in [3.8, 4) is 11.5 Å². The number of methoxy groups -OCH3 is 1. The Balaban J connectivity index is 1.43. The summed E-state index contributed by atoms with van der Waals surface area (Å²) in [6.45, 7) is 3.24. The summed E-state index contributed by atoms with van der Waals surface area (Å²) in [4.78, 5) is 39.2. The van der Waals surface area contributed by atoms with Crippen LogP contribution in [0.15, 0.2) is 73.3 Å². The van der Waals surface area contributed by atoms with E-state index >= 15 is 0 Å². The van der Waals surface area contributed by atoms with Crippen molar-refractivity contribution < 1.29 is 49.0 Å². The number of carbonyl (C=O) groups excluding carboxylic acids is 2. The molecule has 1 fully saturated rings. The number of esters is 2. The molecule has 1 aliphatic carbocycles. The Bertz CT molecular complexity index is 1370. The van der Waals surface area contributed by atoms with Crippen LogP contribution in [0.3, 0.4) is 0 Å². The Hall–Kier alpha value is -4.26. The normalized spacial score (nSPS) is 20.0. The zero-order valence-corrected chi connectivity index (χ0v) is 28.1. The van der Waals surface area contributed by atoms with Gasteiger partial charge in [0.25, 0.3) is 5.09 Å². The van der Waals surface area contributed by atoms with Crippen LogP contribution in [0.1, 0.15) is 81.4 Å². The number of aliphatic hydroxyl groups is 3. The molecule has 12 heteroatoms. The molecule has 49 heavy (non-hydrogen) atoms. The molecule has 0 spiro atoms. The topological polar surface area (TPSA) is 175 Å². The van der Waals surface area contributed by atoms with Gasteiger partial charge in [0, 0.05) is 12.5 Å². The van der Waals surface area contributed by atoms with Crippen molar-refractivity contribution in [3.63, 3.8) is 0 Å². The largest absolute Gasteiger partial charge is 0.493 e. The molecule has 2 aromatic carbocycles. The Labute approximate surface area is 287 Å². The molecule has 6 atom stereocenters. The second-order valence-corrected chi connectivity index (χ2v) is 12.3. The lowest BCUT2D eigenvalue weighted by Crippen LogP contribution is -2.23. The fraction of sp³-hybridized carbons (Fsp3) is 0.514. The molecule has 0 radical (unpaired) electrons. The van der Waals surface area contributed by atoms with Gasteiger partial charge in [-0.25, -0.2) is 4.79 Å². The number of nitrogens with zero attached hydrogens (tertiary/aromatic N) is 1. The molecular formula is C37H49NO11. The minimum absolute atomic E-state index is 0.0886. The maximum Gasteiger partial charge on any atom is 0.330 e. The summed E-state index contributed by atoms with van der Waals surface area (Å²) in [6, 6.07) is 14.8. The van der Waals surface area contributed by atoms with Crippen LogP contribution < -0.4 is 9.47 Å². The standard InChI is InChI=1S/C37H49NO11/c1-3-36(42)48-33(15-11-23-47-38(44)45)27-18-22-34(35(24-27)46-2)49-37(43)16-10-5-4-9-14-29-30(32(41)25-31(29)40)21-20-28(39)19-17-26-12-7-6-8-13-26/h3-4,6-9,12-13,18,22,24,28-33,39-41H,1,5,10-11,14-17,19-21,23,25H2,2H3/t28?,29-,30+,31+,32-,33-/m1/s1. The third-order valence-electron chi connectivity index (χ3n) is 8.81. The number of ether oxygens (including phenoxy) is 3. The van der Waals surface area contributed by atoms with Crippen LogP contribution >= 0.6 is 0 Å². The summed E-state index contributed by atoms with van der Waals surface area (Å²) in [5.74, 6) is -0.849. The monoisotopic (exact) mass is 683 g/mol. The first kappa shape index (κ1) is 39.2. The summed E-state index contributed by atoms with van der Waals surface area (Å²) in [6.07, 6.45) is 7.92. The van der Waals surface area contributed by atoms with Gasteiger partial charge in [-0.1, -0.05) is 55.1 Å². The lowest BCUT2D eigenvalue weighted by Gasteiger charge is -2.23. The molecule has 0 bridgehead atoms. The SMILES string of the molecule is C=CC(=O)O[C@H](CCCO[N+](=O)[O-])c1ccc(OC(=O)CCCC=CC[C@@H]2[C@H](CCC(O)CCc3ccccc3)[C@H](O)C[C@@H]2O)c(OC)c1. The van der Waals surface area contributed by atoms with Crippen LogP contribution in [0.5, 0.6) is 11.5 Å². The maximum atomic E-state index is 12.6. The molecule has 0 amide bonds. The molecule has 0 aliphatic heterocycles. The van der Waals surface area contributed by atoms with Crippen molar-refractivity contribution in [3.05, 3.63) is 94.6 Å². The van der Waals surface area contributed by atoms with Gasteiger partial charge in [-0.15, -0.1) is 10.1 Å². The number of hydrogen-bond donors (Lipinski definition) is 3. The van der Waals surface area contributed by atoms with E-state index in [2.05, 4.69) is 11.4 Å². The van der Waals surface area contributed by atoms with Crippen molar-refractivity contribution in [2.75, 3.05) is 13.7 Å². The predicted octanol–water partition coefficient (Wildman–Crippen LogP) is 5.61. The first-order chi connectivity index (χ1) is 23.6. The van der Waals surface area contributed by atoms with Gasteiger partial charge in [-0.05, 0) is 99.3 Å². The first-order valence-corrected chi connectivity index (χ1v) is 16.8. The molecule has 1 saturated carbocycles.